The van der Waals surface area contributed by atoms with Gasteiger partial charge in [-0.2, -0.15) is 0 Å². The molecule has 0 spiro atoms. The Morgan fingerprint density at radius 2 is 0.400 bits per heavy atom. The van der Waals surface area contributed by atoms with Gasteiger partial charge in [0.1, 0.15) is 0 Å². The predicted molar refractivity (Wildman–Crippen MR) is 19.2 cm³/mol. The quantitative estimate of drug-likeness (QED) is 0.543. The Kier molecular flexibility index (Phi) is 394. The van der Waals surface area contributed by atoms with Crippen molar-refractivity contribution >= 4 is 0 Å². The van der Waals surface area contributed by atoms with Gasteiger partial charge < -0.3 is 22.3 Å². The molecule has 0 heterocycles. The first-order valence-corrected chi connectivity index (χ1v) is 0. The van der Waals surface area contributed by atoms with Crippen molar-refractivity contribution in [3.8, 4) is 0 Å². The normalized spacial score (nSPS) is 0. The second-order valence-corrected chi connectivity index (χ2v) is 0. The Morgan fingerprint density at radius 1 is 0.400 bits per heavy atom. The Balaban J connectivity index is 0. The van der Waals surface area contributed by atoms with Crippen LogP contribution in [0.1, 0.15) is 0 Å². The van der Waals surface area contributed by atoms with E-state index in [4.69, 9.17) is 0 Å². The van der Waals surface area contributed by atoms with Crippen LogP contribution in [0.25, 0.3) is 0 Å². The fourth-order valence-electron chi connectivity index (χ4n) is 0. The van der Waals surface area contributed by atoms with Crippen LogP contribution < -0.4 is 0 Å². The maximum atomic E-state index is 0. The van der Waals surface area contributed by atoms with E-state index in [9.17, 15) is 0 Å². The fraction of sp³-hybridized carbons (Fsp3) is 0. The number of hydrogen-bond donors (Lipinski definition) is 0. The molecule has 5 heavy (non-hydrogen) atoms. The van der Waals surface area contributed by atoms with Crippen molar-refractivity contribution in [3.05, 3.63) is 22.3 Å². The SMILES string of the molecule is [CH3-].[CH3-].[CH3-].[Y].[Y]. The minimum Gasteiger partial charge on any atom is -0.358 e. The van der Waals surface area contributed by atoms with E-state index in [0.29, 0.717) is 0 Å². The Labute approximate surface area is 86.2 Å². The topological polar surface area (TPSA) is 0 Å². The molecule has 0 saturated carbocycles. The molecule has 2 radical (unpaired) electrons. The molecule has 0 aliphatic carbocycles. The molecule has 0 bridgehead atoms. The fourth-order valence-corrected chi connectivity index (χ4v) is 0. The van der Waals surface area contributed by atoms with Crippen LogP contribution in [0.3, 0.4) is 0 Å². The number of hydrogen-bond acceptors (Lipinski definition) is 0. The summed E-state index contributed by atoms with van der Waals surface area (Å²) in [5.74, 6) is 0. The van der Waals surface area contributed by atoms with Crippen LogP contribution in [0, 0.1) is 22.3 Å². The van der Waals surface area contributed by atoms with Crippen LogP contribution >= 0.6 is 0 Å². The summed E-state index contributed by atoms with van der Waals surface area (Å²) in [6.07, 6.45) is 0. The van der Waals surface area contributed by atoms with Gasteiger partial charge in [0, 0.05) is 65.4 Å². The van der Waals surface area contributed by atoms with E-state index in [2.05, 4.69) is 0 Å². The molecule has 0 rings (SSSR count). The standard InChI is InChI=1S/3CH3.2Y/h3*1H3;;/q3*-1;;. The molecule has 0 fully saturated rings. The van der Waals surface area contributed by atoms with Crippen molar-refractivity contribution in [3.63, 3.8) is 0 Å². The van der Waals surface area contributed by atoms with E-state index >= 15 is 0 Å². The molecule has 30 valence electrons. The van der Waals surface area contributed by atoms with Crippen molar-refractivity contribution in [2.75, 3.05) is 0 Å². The van der Waals surface area contributed by atoms with E-state index in [-0.39, 0.29) is 87.7 Å². The van der Waals surface area contributed by atoms with E-state index in [0.717, 1.165) is 0 Å². The van der Waals surface area contributed by atoms with Gasteiger partial charge >= 0.3 is 0 Å². The van der Waals surface area contributed by atoms with E-state index in [1.165, 1.54) is 0 Å². The van der Waals surface area contributed by atoms with Gasteiger partial charge in [0.05, 0.1) is 0 Å². The van der Waals surface area contributed by atoms with Crippen molar-refractivity contribution in [1.82, 2.24) is 0 Å². The zero-order valence-electron chi connectivity index (χ0n) is 4.15. The molecule has 0 aromatic heterocycles. The molecule has 0 aromatic rings. The molecule has 0 unspecified atom stereocenters. The van der Waals surface area contributed by atoms with E-state index in [1.54, 1.807) is 0 Å². The van der Waals surface area contributed by atoms with Crippen LogP contribution in [0.2, 0.25) is 0 Å². The second-order valence-electron chi connectivity index (χ2n) is 0. The minimum atomic E-state index is 0. The van der Waals surface area contributed by atoms with Gasteiger partial charge in [0.25, 0.3) is 0 Å². The summed E-state index contributed by atoms with van der Waals surface area (Å²) in [7, 11) is 0. The third kappa shape index (κ3) is 22.5. The summed E-state index contributed by atoms with van der Waals surface area (Å²) in [6.45, 7) is 0. The summed E-state index contributed by atoms with van der Waals surface area (Å²) in [5.41, 5.74) is 0. The molecule has 0 aliphatic heterocycles. The minimum absolute atomic E-state index is 0. The van der Waals surface area contributed by atoms with Crippen LogP contribution in [-0.2, 0) is 65.4 Å². The van der Waals surface area contributed by atoms with Gasteiger partial charge in [-0.05, 0) is 0 Å². The zero-order valence-corrected chi connectivity index (χ0v) is 9.83. The van der Waals surface area contributed by atoms with Crippen molar-refractivity contribution in [1.29, 1.82) is 0 Å². The van der Waals surface area contributed by atoms with Crippen LogP contribution in [0.15, 0.2) is 0 Å². The van der Waals surface area contributed by atoms with Gasteiger partial charge in [-0.1, -0.05) is 0 Å². The van der Waals surface area contributed by atoms with Crippen molar-refractivity contribution in [2.24, 2.45) is 0 Å². The zero-order chi connectivity index (χ0) is 0. The molecule has 2 heteroatoms. The molecule has 0 N–H and O–H groups in total. The average Bonchev–Trinajstić information content (AvgIpc) is 0. The predicted octanol–water partition coefficient (Wildman–Crippen LogP) is 1.35. The van der Waals surface area contributed by atoms with Crippen LogP contribution in [-0.4, -0.2) is 0 Å². The molecule has 0 aliphatic rings. The van der Waals surface area contributed by atoms with Crippen molar-refractivity contribution < 1.29 is 65.4 Å². The molecule has 0 amide bonds. The summed E-state index contributed by atoms with van der Waals surface area (Å²) in [5, 5.41) is 0. The largest absolute Gasteiger partial charge is 0.358 e. The summed E-state index contributed by atoms with van der Waals surface area (Å²) in [4.78, 5) is 0. The van der Waals surface area contributed by atoms with Crippen LogP contribution in [0.5, 0.6) is 0 Å². The smallest absolute Gasteiger partial charge is 0 e. The Hall–Kier alpha value is 2.21. The second kappa shape index (κ2) is 34.5. The van der Waals surface area contributed by atoms with Gasteiger partial charge in [0.2, 0.25) is 0 Å². The first kappa shape index (κ1) is 57.0. The Morgan fingerprint density at radius 3 is 0.400 bits per heavy atom. The van der Waals surface area contributed by atoms with Gasteiger partial charge in [-0.3, -0.25) is 0 Å². The molecule has 0 nitrogen and oxygen atoms in total. The summed E-state index contributed by atoms with van der Waals surface area (Å²) < 4.78 is 0. The average molecular weight is 223 g/mol. The molecule has 0 saturated heterocycles. The number of rotatable bonds is 0. The van der Waals surface area contributed by atoms with E-state index < -0.39 is 0 Å². The molecule has 0 aromatic carbocycles. The van der Waals surface area contributed by atoms with Gasteiger partial charge in [0.15, 0.2) is 0 Å². The van der Waals surface area contributed by atoms with Crippen molar-refractivity contribution in [2.45, 2.75) is 0 Å². The Bertz CT molecular complexity index is 4.85. The maximum Gasteiger partial charge on any atom is 0 e. The first-order valence-electron chi connectivity index (χ1n) is 0. The maximum absolute atomic E-state index is 0. The summed E-state index contributed by atoms with van der Waals surface area (Å²) in [6, 6.07) is 0. The molecule has 0 atom stereocenters. The van der Waals surface area contributed by atoms with E-state index in [1.807, 2.05) is 0 Å². The third-order valence-electron chi connectivity index (χ3n) is 0. The summed E-state index contributed by atoms with van der Waals surface area (Å²) >= 11 is 0. The molecular weight excluding hydrogens is 214 g/mol. The van der Waals surface area contributed by atoms with Crippen LogP contribution in [0.4, 0.5) is 0 Å². The van der Waals surface area contributed by atoms with Gasteiger partial charge in [-0.15, -0.1) is 0 Å². The third-order valence-corrected chi connectivity index (χ3v) is 0. The monoisotopic (exact) mass is 223 g/mol. The first-order chi connectivity index (χ1) is 0. The van der Waals surface area contributed by atoms with Gasteiger partial charge in [-0.25, -0.2) is 0 Å². The molecular formula is C3H9Y2-3.